The molecule has 1 aliphatic heterocycles. The number of para-hydroxylation sites is 1. The van der Waals surface area contributed by atoms with Crippen LogP contribution in [0.25, 0.3) is 22.1 Å². The van der Waals surface area contributed by atoms with E-state index in [4.69, 9.17) is 4.42 Å². The third-order valence-corrected chi connectivity index (χ3v) is 7.43. The summed E-state index contributed by atoms with van der Waals surface area (Å²) in [4.78, 5) is 42.6. The van der Waals surface area contributed by atoms with Crippen molar-refractivity contribution >= 4 is 34.2 Å². The molecule has 1 saturated heterocycles. The van der Waals surface area contributed by atoms with Crippen molar-refractivity contribution < 1.29 is 14.0 Å². The Morgan fingerprint density at radius 1 is 0.756 bits per heavy atom. The maximum absolute atomic E-state index is 13.1. The van der Waals surface area contributed by atoms with Crippen molar-refractivity contribution in [2.45, 2.75) is 6.92 Å². The number of rotatable bonds is 5. The number of anilines is 2. The SMILES string of the molecule is Cc1ccc(C(=O)N2CCN(c3ccc(NC(=O)c4cccc(-c5cc6ccccc6oc5=O)c4)cc3)CC2)cc1. The van der Waals surface area contributed by atoms with E-state index in [-0.39, 0.29) is 11.8 Å². The Hall–Kier alpha value is -5.17. The van der Waals surface area contributed by atoms with Crippen LogP contribution in [-0.2, 0) is 0 Å². The minimum atomic E-state index is -0.447. The second-order valence-corrected chi connectivity index (χ2v) is 10.2. The third kappa shape index (κ3) is 5.61. The largest absolute Gasteiger partial charge is 0.422 e. The topological polar surface area (TPSA) is 82.9 Å². The molecule has 4 aromatic carbocycles. The Balaban J connectivity index is 1.09. The Bertz CT molecular complexity index is 1780. The van der Waals surface area contributed by atoms with Crippen molar-refractivity contribution in [3.63, 3.8) is 0 Å². The Morgan fingerprint density at radius 2 is 1.49 bits per heavy atom. The van der Waals surface area contributed by atoms with Crippen molar-refractivity contribution in [3.8, 4) is 11.1 Å². The van der Waals surface area contributed by atoms with Crippen LogP contribution in [0.2, 0.25) is 0 Å². The van der Waals surface area contributed by atoms with E-state index in [0.717, 1.165) is 35.3 Å². The van der Waals surface area contributed by atoms with Gasteiger partial charge in [-0.3, -0.25) is 9.59 Å². The number of nitrogens with zero attached hydrogens (tertiary/aromatic N) is 2. The number of fused-ring (bicyclic) bond motifs is 1. The maximum atomic E-state index is 13.1. The number of carbonyl (C=O) groups excluding carboxylic acids is 2. The van der Waals surface area contributed by atoms with Gasteiger partial charge < -0.3 is 19.5 Å². The van der Waals surface area contributed by atoms with E-state index in [9.17, 15) is 14.4 Å². The van der Waals surface area contributed by atoms with Crippen molar-refractivity contribution in [1.29, 1.82) is 0 Å². The number of hydrogen-bond donors (Lipinski definition) is 1. The lowest BCUT2D eigenvalue weighted by atomic mass is 10.0. The molecular formula is C34H29N3O4. The molecule has 0 saturated carbocycles. The molecule has 0 aliphatic carbocycles. The van der Waals surface area contributed by atoms with Gasteiger partial charge in [0.15, 0.2) is 0 Å². The van der Waals surface area contributed by atoms with Gasteiger partial charge in [0.1, 0.15) is 5.58 Å². The molecule has 5 aromatic rings. The second kappa shape index (κ2) is 11.1. The zero-order chi connectivity index (χ0) is 28.3. The average Bonchev–Trinajstić information content (AvgIpc) is 3.01. The first kappa shape index (κ1) is 26.1. The van der Waals surface area contributed by atoms with E-state index in [0.29, 0.717) is 41.1 Å². The van der Waals surface area contributed by atoms with Gasteiger partial charge in [-0.2, -0.15) is 0 Å². The fraction of sp³-hybridized carbons (Fsp3) is 0.147. The number of carbonyl (C=O) groups is 2. The molecule has 0 bridgehead atoms. The monoisotopic (exact) mass is 543 g/mol. The van der Waals surface area contributed by atoms with Gasteiger partial charge in [0.05, 0.1) is 5.56 Å². The first-order valence-electron chi connectivity index (χ1n) is 13.6. The predicted octanol–water partition coefficient (Wildman–Crippen LogP) is 5.98. The van der Waals surface area contributed by atoms with E-state index >= 15 is 0 Å². The van der Waals surface area contributed by atoms with E-state index < -0.39 is 5.63 Å². The summed E-state index contributed by atoms with van der Waals surface area (Å²) in [7, 11) is 0. The number of nitrogens with one attached hydrogen (secondary N) is 1. The van der Waals surface area contributed by atoms with Crippen LogP contribution < -0.4 is 15.8 Å². The van der Waals surface area contributed by atoms with Gasteiger partial charge in [0.25, 0.3) is 11.8 Å². The Kier molecular flexibility index (Phi) is 7.08. The molecule has 1 aromatic heterocycles. The summed E-state index contributed by atoms with van der Waals surface area (Å²) < 4.78 is 5.47. The van der Waals surface area contributed by atoms with Crippen LogP contribution in [-0.4, -0.2) is 42.9 Å². The van der Waals surface area contributed by atoms with E-state index in [1.54, 1.807) is 36.4 Å². The molecule has 1 fully saturated rings. The third-order valence-electron chi connectivity index (χ3n) is 7.43. The zero-order valence-corrected chi connectivity index (χ0v) is 22.7. The fourth-order valence-corrected chi connectivity index (χ4v) is 5.10. The summed E-state index contributed by atoms with van der Waals surface area (Å²) >= 11 is 0. The normalized spacial score (nSPS) is 13.3. The van der Waals surface area contributed by atoms with Gasteiger partial charge in [-0.25, -0.2) is 4.79 Å². The van der Waals surface area contributed by atoms with Crippen LogP contribution >= 0.6 is 0 Å². The highest BCUT2D eigenvalue weighted by atomic mass is 16.4. The molecular weight excluding hydrogens is 514 g/mol. The van der Waals surface area contributed by atoms with Gasteiger partial charge in [-0.1, -0.05) is 48.0 Å². The number of amides is 2. The molecule has 0 atom stereocenters. The lowest BCUT2D eigenvalue weighted by Gasteiger charge is -2.36. The second-order valence-electron chi connectivity index (χ2n) is 10.2. The fourth-order valence-electron chi connectivity index (χ4n) is 5.10. The first-order chi connectivity index (χ1) is 19.9. The molecule has 41 heavy (non-hydrogen) atoms. The van der Waals surface area contributed by atoms with Crippen molar-refractivity contribution in [2.75, 3.05) is 36.4 Å². The molecule has 2 heterocycles. The number of aryl methyl sites for hydroxylation is 1. The highest BCUT2D eigenvalue weighted by molar-refractivity contribution is 6.05. The van der Waals surface area contributed by atoms with Gasteiger partial charge >= 0.3 is 5.63 Å². The molecule has 7 heteroatoms. The number of hydrogen-bond acceptors (Lipinski definition) is 5. The first-order valence-corrected chi connectivity index (χ1v) is 13.6. The summed E-state index contributed by atoms with van der Waals surface area (Å²) in [5, 5.41) is 3.76. The molecule has 0 spiro atoms. The molecule has 1 aliphatic rings. The van der Waals surface area contributed by atoms with Crippen LogP contribution in [0.3, 0.4) is 0 Å². The summed E-state index contributed by atoms with van der Waals surface area (Å²) in [6.07, 6.45) is 0. The number of benzene rings is 4. The summed E-state index contributed by atoms with van der Waals surface area (Å²) in [5.74, 6) is -0.207. The Morgan fingerprint density at radius 3 is 2.24 bits per heavy atom. The van der Waals surface area contributed by atoms with Gasteiger partial charge in [0.2, 0.25) is 0 Å². The Labute approximate surface area is 237 Å². The van der Waals surface area contributed by atoms with Gasteiger partial charge in [-0.15, -0.1) is 0 Å². The van der Waals surface area contributed by atoms with Crippen molar-refractivity contribution in [3.05, 3.63) is 130 Å². The summed E-state index contributed by atoms with van der Waals surface area (Å²) in [6, 6.07) is 31.5. The molecule has 2 amide bonds. The van der Waals surface area contributed by atoms with Crippen molar-refractivity contribution in [2.24, 2.45) is 0 Å². The number of piperazine rings is 1. The lowest BCUT2D eigenvalue weighted by molar-refractivity contribution is 0.0746. The molecule has 204 valence electrons. The zero-order valence-electron chi connectivity index (χ0n) is 22.7. The summed E-state index contributed by atoms with van der Waals surface area (Å²) in [5.41, 5.74) is 5.10. The van der Waals surface area contributed by atoms with E-state index in [1.165, 1.54) is 0 Å². The van der Waals surface area contributed by atoms with Gasteiger partial charge in [-0.05, 0) is 73.2 Å². The minimum absolute atomic E-state index is 0.0632. The molecule has 1 N–H and O–H groups in total. The van der Waals surface area contributed by atoms with E-state index in [2.05, 4.69) is 10.2 Å². The smallest absolute Gasteiger partial charge is 0.344 e. The molecule has 6 rings (SSSR count). The predicted molar refractivity (Wildman–Crippen MR) is 162 cm³/mol. The van der Waals surface area contributed by atoms with Crippen LogP contribution in [0.4, 0.5) is 11.4 Å². The highest BCUT2D eigenvalue weighted by Gasteiger charge is 2.22. The summed E-state index contributed by atoms with van der Waals surface area (Å²) in [6.45, 7) is 4.78. The molecule has 0 unspecified atom stereocenters. The molecule has 7 nitrogen and oxygen atoms in total. The van der Waals surface area contributed by atoms with E-state index in [1.807, 2.05) is 78.6 Å². The van der Waals surface area contributed by atoms with Crippen LogP contribution in [0.15, 0.2) is 112 Å². The lowest BCUT2D eigenvalue weighted by Crippen LogP contribution is -2.48. The van der Waals surface area contributed by atoms with Crippen LogP contribution in [0.5, 0.6) is 0 Å². The standard InChI is InChI=1S/C34H29N3O4/c1-23-9-11-24(12-10-23)33(39)37-19-17-36(18-20-37)29-15-13-28(14-16-29)35-32(38)27-7-4-6-25(21-27)30-22-26-5-2-3-8-31(26)41-34(30)40/h2-16,21-22H,17-20H2,1H3,(H,35,38). The van der Waals surface area contributed by atoms with Crippen LogP contribution in [0, 0.1) is 6.92 Å². The van der Waals surface area contributed by atoms with Crippen molar-refractivity contribution in [1.82, 2.24) is 4.90 Å². The molecule has 0 radical (unpaired) electrons. The minimum Gasteiger partial charge on any atom is -0.422 e. The van der Waals surface area contributed by atoms with Gasteiger partial charge in [0, 0.05) is 54.1 Å². The highest BCUT2D eigenvalue weighted by Crippen LogP contribution is 2.24. The van der Waals surface area contributed by atoms with Crippen LogP contribution in [0.1, 0.15) is 26.3 Å². The quantitative estimate of drug-likeness (QED) is 0.276. The average molecular weight is 544 g/mol. The maximum Gasteiger partial charge on any atom is 0.344 e.